The molecule has 3 rings (SSSR count). The van der Waals surface area contributed by atoms with Crippen LogP contribution in [-0.4, -0.2) is 39.0 Å². The zero-order valence-corrected chi connectivity index (χ0v) is 18.2. The molecule has 3 N–H and O–H groups in total. The first-order valence-corrected chi connectivity index (χ1v) is 11.7. The van der Waals surface area contributed by atoms with Gasteiger partial charge in [0.1, 0.15) is 11.6 Å². The maximum absolute atomic E-state index is 13.5. The molecule has 5 nitrogen and oxygen atoms in total. The van der Waals surface area contributed by atoms with Crippen LogP contribution in [0, 0.1) is 11.6 Å². The quantitative estimate of drug-likeness (QED) is 0.557. The van der Waals surface area contributed by atoms with Crippen molar-refractivity contribution in [2.45, 2.75) is 35.9 Å². The van der Waals surface area contributed by atoms with Gasteiger partial charge in [0.25, 0.3) is 0 Å². The second kappa shape index (κ2) is 9.18. The number of benzene rings is 2. The number of halogens is 3. The van der Waals surface area contributed by atoms with Gasteiger partial charge in [-0.15, -0.1) is 0 Å². The van der Waals surface area contributed by atoms with Crippen molar-refractivity contribution in [1.82, 2.24) is 10.6 Å². The van der Waals surface area contributed by atoms with Crippen molar-refractivity contribution < 1.29 is 22.3 Å². The molecule has 3 unspecified atom stereocenters. The smallest absolute Gasteiger partial charge is 0.178 e. The van der Waals surface area contributed by atoms with Crippen LogP contribution in [0.15, 0.2) is 45.8 Å². The van der Waals surface area contributed by atoms with Gasteiger partial charge in [-0.3, -0.25) is 0 Å². The van der Waals surface area contributed by atoms with Crippen molar-refractivity contribution >= 4 is 25.8 Å². The molecule has 0 saturated heterocycles. The molecule has 1 aliphatic rings. The van der Waals surface area contributed by atoms with Crippen LogP contribution >= 0.6 is 15.9 Å². The van der Waals surface area contributed by atoms with Gasteiger partial charge in [-0.2, -0.15) is 0 Å². The summed E-state index contributed by atoms with van der Waals surface area (Å²) in [7, 11) is -1.64. The van der Waals surface area contributed by atoms with Gasteiger partial charge >= 0.3 is 0 Å². The number of aliphatic hydroxyl groups excluding tert-OH is 1. The number of hydrogen-bond donors (Lipinski definition) is 3. The largest absolute Gasteiger partial charge is 0.392 e. The van der Waals surface area contributed by atoms with E-state index in [1.54, 1.807) is 25.2 Å². The fourth-order valence-electron chi connectivity index (χ4n) is 3.66. The van der Waals surface area contributed by atoms with Gasteiger partial charge in [0.15, 0.2) is 9.84 Å². The predicted octanol–water partition coefficient (Wildman–Crippen LogP) is 3.25. The summed E-state index contributed by atoms with van der Waals surface area (Å²) < 4.78 is 52.4. The average Bonchev–Trinajstić information content (AvgIpc) is 2.64. The van der Waals surface area contributed by atoms with Crippen LogP contribution in [0.4, 0.5) is 8.78 Å². The molecule has 1 heterocycles. The lowest BCUT2D eigenvalue weighted by molar-refractivity contribution is 0.143. The van der Waals surface area contributed by atoms with E-state index in [0.29, 0.717) is 22.4 Å². The topological polar surface area (TPSA) is 78.4 Å². The van der Waals surface area contributed by atoms with Crippen LogP contribution in [0.5, 0.6) is 0 Å². The highest BCUT2D eigenvalue weighted by molar-refractivity contribution is 9.10. The van der Waals surface area contributed by atoms with Crippen LogP contribution in [0.25, 0.3) is 0 Å². The molecule has 2 aromatic rings. The van der Waals surface area contributed by atoms with E-state index in [-0.39, 0.29) is 24.8 Å². The molecule has 29 heavy (non-hydrogen) atoms. The minimum Gasteiger partial charge on any atom is -0.392 e. The zero-order valence-electron chi connectivity index (χ0n) is 15.8. The third kappa shape index (κ3) is 5.40. The number of hydrogen-bond acceptors (Lipinski definition) is 5. The minimum absolute atomic E-state index is 0.0388. The second-order valence-corrected chi connectivity index (χ2v) is 10.2. The minimum atomic E-state index is -3.30. The first-order chi connectivity index (χ1) is 13.7. The molecule has 9 heteroatoms. The van der Waals surface area contributed by atoms with E-state index in [2.05, 4.69) is 26.6 Å². The number of nitrogens with one attached hydrogen (secondary N) is 2. The molecule has 0 amide bonds. The van der Waals surface area contributed by atoms with Crippen LogP contribution in [0.3, 0.4) is 0 Å². The number of fused-ring (bicyclic) bond motifs is 1. The summed E-state index contributed by atoms with van der Waals surface area (Å²) in [4.78, 5) is 0.308. The fourth-order valence-corrected chi connectivity index (χ4v) is 5.64. The summed E-state index contributed by atoms with van der Waals surface area (Å²) in [6, 6.07) is 7.72. The molecule has 0 fully saturated rings. The maximum atomic E-state index is 13.5. The number of rotatable bonds is 7. The Morgan fingerprint density at radius 3 is 2.55 bits per heavy atom. The van der Waals surface area contributed by atoms with Crippen LogP contribution in [0.2, 0.25) is 0 Å². The Labute approximate surface area is 177 Å². The summed E-state index contributed by atoms with van der Waals surface area (Å²) in [5.74, 6) is -1.30. The molecule has 158 valence electrons. The Kier molecular flexibility index (Phi) is 7.06. The summed E-state index contributed by atoms with van der Waals surface area (Å²) in [6.45, 7) is 0.215. The third-order valence-corrected chi connectivity index (χ3v) is 7.41. The van der Waals surface area contributed by atoms with E-state index in [0.717, 1.165) is 10.5 Å². The van der Waals surface area contributed by atoms with Crippen LogP contribution in [-0.2, 0) is 9.84 Å². The van der Waals surface area contributed by atoms with E-state index in [4.69, 9.17) is 0 Å². The Morgan fingerprint density at radius 1 is 1.21 bits per heavy atom. The standard InChI is InChI=1S/C20H23BrF2N2O3S/c1-24-19(12-6-14(22)9-15(23)7-12)10-16(26)11-25-18-4-5-29(27,28)20-3-2-13(21)8-17(18)20/h2-3,6-9,16,18-19,24-26H,4-5,10-11H2,1H3. The summed E-state index contributed by atoms with van der Waals surface area (Å²) in [6.07, 6.45) is -0.154. The first kappa shape index (κ1) is 22.3. The predicted molar refractivity (Wildman–Crippen MR) is 110 cm³/mol. The number of aliphatic hydroxyl groups is 1. The summed E-state index contributed by atoms with van der Waals surface area (Å²) >= 11 is 3.37. The molecule has 1 aliphatic heterocycles. The summed E-state index contributed by atoms with van der Waals surface area (Å²) in [5, 5.41) is 16.7. The van der Waals surface area contributed by atoms with Gasteiger partial charge in [0.2, 0.25) is 0 Å². The molecule has 0 bridgehead atoms. The van der Waals surface area contributed by atoms with Crippen molar-refractivity contribution in [2.24, 2.45) is 0 Å². The van der Waals surface area contributed by atoms with Gasteiger partial charge in [-0.05, 0) is 61.3 Å². The van der Waals surface area contributed by atoms with Gasteiger partial charge in [0, 0.05) is 29.2 Å². The van der Waals surface area contributed by atoms with Gasteiger partial charge < -0.3 is 15.7 Å². The Morgan fingerprint density at radius 2 is 1.90 bits per heavy atom. The second-order valence-electron chi connectivity index (χ2n) is 7.18. The van der Waals surface area contributed by atoms with Crippen molar-refractivity contribution in [3.05, 3.63) is 63.6 Å². The highest BCUT2D eigenvalue weighted by Gasteiger charge is 2.30. The Hall–Kier alpha value is -1.39. The maximum Gasteiger partial charge on any atom is 0.178 e. The first-order valence-electron chi connectivity index (χ1n) is 9.26. The van der Waals surface area contributed by atoms with Crippen molar-refractivity contribution in [3.63, 3.8) is 0 Å². The lowest BCUT2D eigenvalue weighted by atomic mass is 9.99. The lowest BCUT2D eigenvalue weighted by Gasteiger charge is -2.28. The zero-order chi connectivity index (χ0) is 21.2. The van der Waals surface area contributed by atoms with Crippen LogP contribution < -0.4 is 10.6 Å². The molecule has 2 aromatic carbocycles. The fraction of sp³-hybridized carbons (Fsp3) is 0.400. The van der Waals surface area contributed by atoms with Crippen LogP contribution in [0.1, 0.15) is 36.1 Å². The van der Waals surface area contributed by atoms with Crippen molar-refractivity contribution in [2.75, 3.05) is 19.3 Å². The van der Waals surface area contributed by atoms with E-state index in [1.165, 1.54) is 12.1 Å². The number of sulfone groups is 1. The average molecular weight is 489 g/mol. The SMILES string of the molecule is CNC(CC(O)CNC1CCS(=O)(=O)c2ccc(Br)cc21)c1cc(F)cc(F)c1. The molecule has 0 radical (unpaired) electrons. The van der Waals surface area contributed by atoms with Crippen molar-refractivity contribution in [3.8, 4) is 0 Å². The Bertz CT molecular complexity index is 967. The highest BCUT2D eigenvalue weighted by Crippen LogP contribution is 2.34. The van der Waals surface area contributed by atoms with E-state index >= 15 is 0 Å². The van der Waals surface area contributed by atoms with E-state index in [1.807, 2.05) is 0 Å². The molecule has 0 aliphatic carbocycles. The Balaban J connectivity index is 1.67. The van der Waals surface area contributed by atoms with Crippen molar-refractivity contribution in [1.29, 1.82) is 0 Å². The molecular weight excluding hydrogens is 466 g/mol. The van der Waals surface area contributed by atoms with Gasteiger partial charge in [-0.25, -0.2) is 17.2 Å². The molecular formula is C20H23BrF2N2O3S. The van der Waals surface area contributed by atoms with E-state index in [9.17, 15) is 22.3 Å². The van der Waals surface area contributed by atoms with E-state index < -0.39 is 33.6 Å². The molecule has 3 atom stereocenters. The normalized spacial score (nSPS) is 20.1. The summed E-state index contributed by atoms with van der Waals surface area (Å²) in [5.41, 5.74) is 1.09. The van der Waals surface area contributed by atoms with Gasteiger partial charge in [0.05, 0.1) is 16.8 Å². The monoisotopic (exact) mass is 488 g/mol. The van der Waals surface area contributed by atoms with Gasteiger partial charge in [-0.1, -0.05) is 15.9 Å². The lowest BCUT2D eigenvalue weighted by Crippen LogP contribution is -2.36. The highest BCUT2D eigenvalue weighted by atomic mass is 79.9. The third-order valence-electron chi connectivity index (χ3n) is 5.10. The molecule has 0 spiro atoms. The molecule has 0 aromatic heterocycles. The molecule has 0 saturated carbocycles.